The van der Waals surface area contributed by atoms with E-state index in [4.69, 9.17) is 9.97 Å². The number of hydrogen-bond acceptors (Lipinski definition) is 3. The highest BCUT2D eigenvalue weighted by atomic mass is 32.1. The summed E-state index contributed by atoms with van der Waals surface area (Å²) < 4.78 is 6.14. The monoisotopic (exact) mass is 744 g/mol. The Labute approximate surface area is 332 Å². The van der Waals surface area contributed by atoms with Crippen LogP contribution in [0.25, 0.3) is 109 Å². The van der Waals surface area contributed by atoms with Crippen LogP contribution in [-0.4, -0.2) is 19.1 Å². The number of rotatable bonds is 5. The van der Waals surface area contributed by atoms with Crippen molar-refractivity contribution < 1.29 is 0 Å². The largest absolute Gasteiger partial charge is 0.309 e. The molecule has 0 aliphatic carbocycles. The summed E-state index contributed by atoms with van der Waals surface area (Å²) in [6.45, 7) is 0. The number of benzene rings is 8. The van der Waals surface area contributed by atoms with Crippen molar-refractivity contribution >= 4 is 75.3 Å². The minimum absolute atomic E-state index is 0.727. The van der Waals surface area contributed by atoms with Crippen molar-refractivity contribution in [3.05, 3.63) is 194 Å². The van der Waals surface area contributed by atoms with Gasteiger partial charge in [-0.2, -0.15) is 0 Å². The molecule has 0 amide bonds. The van der Waals surface area contributed by atoms with E-state index in [0.717, 1.165) is 44.0 Å². The lowest BCUT2D eigenvalue weighted by Gasteiger charge is -2.14. The van der Waals surface area contributed by atoms with E-state index in [1.54, 1.807) is 11.3 Å². The van der Waals surface area contributed by atoms with Crippen LogP contribution in [0.4, 0.5) is 0 Å². The Bertz CT molecular complexity index is 3490. The Morgan fingerprint density at radius 2 is 0.982 bits per heavy atom. The van der Waals surface area contributed by atoms with Gasteiger partial charge >= 0.3 is 0 Å². The van der Waals surface area contributed by atoms with Crippen molar-refractivity contribution in [2.75, 3.05) is 0 Å². The molecule has 4 aromatic heterocycles. The van der Waals surface area contributed by atoms with Gasteiger partial charge in [0.15, 0.2) is 5.82 Å². The number of nitrogens with zero attached hydrogens (tertiary/aromatic N) is 4. The van der Waals surface area contributed by atoms with E-state index in [2.05, 4.69) is 197 Å². The molecule has 0 bridgehead atoms. The van der Waals surface area contributed by atoms with Crippen LogP contribution < -0.4 is 0 Å². The molecule has 5 heteroatoms. The van der Waals surface area contributed by atoms with Crippen molar-refractivity contribution in [3.63, 3.8) is 0 Å². The Morgan fingerprint density at radius 1 is 0.404 bits per heavy atom. The molecule has 12 aromatic rings. The molecule has 57 heavy (non-hydrogen) atoms. The molecule has 0 aliphatic rings. The van der Waals surface area contributed by atoms with Gasteiger partial charge in [0.2, 0.25) is 0 Å². The van der Waals surface area contributed by atoms with Gasteiger partial charge in [-0.1, -0.05) is 140 Å². The molecule has 0 unspecified atom stereocenters. The van der Waals surface area contributed by atoms with Gasteiger partial charge in [-0.05, 0) is 65.2 Å². The van der Waals surface area contributed by atoms with Crippen LogP contribution in [0.1, 0.15) is 0 Å². The quantitative estimate of drug-likeness (QED) is 0.176. The average molecular weight is 745 g/mol. The zero-order valence-electron chi connectivity index (χ0n) is 30.7. The van der Waals surface area contributed by atoms with Crippen molar-refractivity contribution in [3.8, 4) is 45.0 Å². The molecular formula is C52H32N4S. The molecule has 0 radical (unpaired) electrons. The summed E-state index contributed by atoms with van der Waals surface area (Å²) in [5, 5.41) is 7.16. The highest BCUT2D eigenvalue weighted by Crippen LogP contribution is 2.47. The van der Waals surface area contributed by atoms with Crippen LogP contribution in [0.3, 0.4) is 0 Å². The van der Waals surface area contributed by atoms with E-state index in [1.165, 1.54) is 64.9 Å². The summed E-state index contributed by atoms with van der Waals surface area (Å²) in [5.74, 6) is 0.727. The first-order chi connectivity index (χ1) is 28.3. The van der Waals surface area contributed by atoms with E-state index in [-0.39, 0.29) is 0 Å². The third-order valence-corrected chi connectivity index (χ3v) is 12.5. The second-order valence-electron chi connectivity index (χ2n) is 14.6. The molecule has 4 nitrogen and oxygen atoms in total. The lowest BCUT2D eigenvalue weighted by atomic mass is 9.97. The van der Waals surface area contributed by atoms with E-state index in [0.29, 0.717) is 0 Å². The molecule has 266 valence electrons. The Balaban J connectivity index is 1.23. The molecule has 8 aromatic carbocycles. The van der Waals surface area contributed by atoms with E-state index in [1.807, 2.05) is 6.20 Å². The lowest BCUT2D eigenvalue weighted by molar-refractivity contribution is 1.17. The lowest BCUT2D eigenvalue weighted by Crippen LogP contribution is -1.97. The zero-order chi connectivity index (χ0) is 37.5. The first kappa shape index (κ1) is 32.0. The summed E-state index contributed by atoms with van der Waals surface area (Å²) in [6, 6.07) is 67.7. The van der Waals surface area contributed by atoms with Crippen molar-refractivity contribution in [2.45, 2.75) is 0 Å². The SMILES string of the molecule is c1ccc(-c2ccc3c4c5c6ccc(-c7ncc8c(n7)sc7ccccc78)cc6n(-c6ccccc6)c5cc(-c5ccccc5)c4n(-c4ccccc4)c3c2)cc1. The molecule has 0 fully saturated rings. The fourth-order valence-corrected chi connectivity index (χ4v) is 9.89. The molecule has 12 rings (SSSR count). The molecule has 0 spiro atoms. The Morgan fingerprint density at radius 3 is 1.72 bits per heavy atom. The maximum atomic E-state index is 5.16. The van der Waals surface area contributed by atoms with Crippen molar-refractivity contribution in [2.24, 2.45) is 0 Å². The molecule has 4 heterocycles. The second-order valence-corrected chi connectivity index (χ2v) is 15.6. The van der Waals surface area contributed by atoms with Gasteiger partial charge < -0.3 is 9.13 Å². The van der Waals surface area contributed by atoms with Gasteiger partial charge in [0.25, 0.3) is 0 Å². The standard InChI is InChI=1S/C52H32N4S/c1-5-15-33(16-6-1)35-25-27-41-45(29-35)56(38-21-11-4-12-22-38)50-42(34-17-7-2-8-18-34)31-46-48(49(41)50)40-28-26-36(30-44(40)55(46)37-19-9-3-10-20-37)51-53-32-43-39-23-13-14-24-47(39)57-52(43)54-51/h1-32H. The molecule has 0 saturated heterocycles. The normalized spacial score (nSPS) is 11.9. The number of hydrogen-bond donors (Lipinski definition) is 0. The first-order valence-electron chi connectivity index (χ1n) is 19.2. The van der Waals surface area contributed by atoms with Gasteiger partial charge in [0.1, 0.15) is 4.83 Å². The van der Waals surface area contributed by atoms with Crippen LogP contribution >= 0.6 is 11.3 Å². The van der Waals surface area contributed by atoms with Crippen LogP contribution in [0, 0.1) is 0 Å². The molecule has 0 saturated carbocycles. The van der Waals surface area contributed by atoms with Gasteiger partial charge in [-0.15, -0.1) is 11.3 Å². The minimum Gasteiger partial charge on any atom is -0.309 e. The minimum atomic E-state index is 0.727. The molecular weight excluding hydrogens is 713 g/mol. The maximum absolute atomic E-state index is 5.16. The van der Waals surface area contributed by atoms with Gasteiger partial charge in [0.05, 0.1) is 22.1 Å². The second kappa shape index (κ2) is 12.6. The Hall–Kier alpha value is -7.34. The molecule has 0 N–H and O–H groups in total. The van der Waals surface area contributed by atoms with Gasteiger partial charge in [0, 0.05) is 65.7 Å². The molecule has 0 aliphatic heterocycles. The highest BCUT2D eigenvalue weighted by molar-refractivity contribution is 7.25. The third kappa shape index (κ3) is 4.93. The fourth-order valence-electron chi connectivity index (χ4n) is 8.85. The van der Waals surface area contributed by atoms with Crippen LogP contribution in [0.15, 0.2) is 194 Å². The number of thiophene rings is 1. The van der Waals surface area contributed by atoms with Gasteiger partial charge in [-0.25, -0.2) is 9.97 Å². The highest BCUT2D eigenvalue weighted by Gasteiger charge is 2.25. The number of para-hydroxylation sites is 2. The van der Waals surface area contributed by atoms with Crippen LogP contribution in [-0.2, 0) is 0 Å². The zero-order valence-corrected chi connectivity index (χ0v) is 31.5. The predicted octanol–water partition coefficient (Wildman–Crippen LogP) is 14.0. The number of fused-ring (bicyclic) bond motifs is 10. The fraction of sp³-hybridized carbons (Fsp3) is 0. The third-order valence-electron chi connectivity index (χ3n) is 11.4. The summed E-state index contributed by atoms with van der Waals surface area (Å²) in [4.78, 5) is 11.1. The van der Waals surface area contributed by atoms with E-state index in [9.17, 15) is 0 Å². The van der Waals surface area contributed by atoms with Crippen LogP contribution in [0.2, 0.25) is 0 Å². The van der Waals surface area contributed by atoms with Gasteiger partial charge in [-0.3, -0.25) is 0 Å². The summed E-state index contributed by atoms with van der Waals surface area (Å²) in [6.07, 6.45) is 1.99. The number of aromatic nitrogens is 4. The van der Waals surface area contributed by atoms with E-state index >= 15 is 0 Å². The smallest absolute Gasteiger partial charge is 0.160 e. The summed E-state index contributed by atoms with van der Waals surface area (Å²) >= 11 is 1.72. The Kier molecular flexibility index (Phi) is 7.06. The van der Waals surface area contributed by atoms with Crippen LogP contribution in [0.5, 0.6) is 0 Å². The topological polar surface area (TPSA) is 35.6 Å². The maximum Gasteiger partial charge on any atom is 0.160 e. The van der Waals surface area contributed by atoms with Crippen molar-refractivity contribution in [1.82, 2.24) is 19.1 Å². The molecule has 0 atom stereocenters. The van der Waals surface area contributed by atoms with E-state index < -0.39 is 0 Å². The average Bonchev–Trinajstić information content (AvgIpc) is 3.94. The summed E-state index contributed by atoms with van der Waals surface area (Å²) in [5.41, 5.74) is 12.6. The first-order valence-corrected chi connectivity index (χ1v) is 20.1. The predicted molar refractivity (Wildman–Crippen MR) is 240 cm³/mol. The summed E-state index contributed by atoms with van der Waals surface area (Å²) in [7, 11) is 0. The van der Waals surface area contributed by atoms with Crippen molar-refractivity contribution in [1.29, 1.82) is 0 Å².